The molecule has 0 bridgehead atoms. The smallest absolute Gasteiger partial charge is 0.411 e. The molecule has 5 nitrogen and oxygen atoms in total. The molecule has 1 saturated carbocycles. The third-order valence-electron chi connectivity index (χ3n) is 3.37. The fourth-order valence-electron chi connectivity index (χ4n) is 1.91. The molecule has 21 heavy (non-hydrogen) atoms. The number of aromatic carboxylic acids is 1. The fraction of sp³-hybridized carbons (Fsp3) is 0.385. The lowest BCUT2D eigenvalue weighted by Gasteiger charge is -2.21. The second-order valence-corrected chi connectivity index (χ2v) is 4.99. The lowest BCUT2D eigenvalue weighted by atomic mass is 10.1. The number of alkyl halides is 3. The minimum absolute atomic E-state index is 0.0346. The second kappa shape index (κ2) is 4.94. The molecule has 2 rings (SSSR count). The molecular weight excluding hydrogens is 289 g/mol. The summed E-state index contributed by atoms with van der Waals surface area (Å²) in [6, 6.07) is 2.97. The first-order valence-corrected chi connectivity index (χ1v) is 6.14. The Hall–Kier alpha value is -2.25. The van der Waals surface area contributed by atoms with Crippen LogP contribution in [0.5, 0.6) is 0 Å². The zero-order valence-electron chi connectivity index (χ0n) is 11.0. The summed E-state index contributed by atoms with van der Waals surface area (Å²) in [6.07, 6.45) is -4.76. The molecule has 0 aliphatic heterocycles. The molecule has 1 aromatic carbocycles. The maximum absolute atomic E-state index is 12.7. The van der Waals surface area contributed by atoms with Crippen LogP contribution in [0.2, 0.25) is 0 Å². The summed E-state index contributed by atoms with van der Waals surface area (Å²) in [5, 5.41) is 13.0. The summed E-state index contributed by atoms with van der Waals surface area (Å²) in [4.78, 5) is 22.4. The number of carboxylic acids is 1. The van der Waals surface area contributed by atoms with Gasteiger partial charge < -0.3 is 15.7 Å². The van der Waals surface area contributed by atoms with Crippen molar-refractivity contribution in [2.45, 2.75) is 31.5 Å². The minimum atomic E-state index is -4.48. The molecule has 0 aromatic heterocycles. The summed E-state index contributed by atoms with van der Waals surface area (Å²) >= 11 is 0. The van der Waals surface area contributed by atoms with E-state index in [9.17, 15) is 22.8 Å². The van der Waals surface area contributed by atoms with Crippen molar-refractivity contribution in [3.05, 3.63) is 29.3 Å². The van der Waals surface area contributed by atoms with E-state index in [0.29, 0.717) is 5.56 Å². The Morgan fingerprint density at radius 1 is 1.29 bits per heavy atom. The summed E-state index contributed by atoms with van der Waals surface area (Å²) in [7, 11) is 0. The summed E-state index contributed by atoms with van der Waals surface area (Å²) in [5.74, 6) is -1.12. The predicted molar refractivity (Wildman–Crippen MR) is 68.3 cm³/mol. The number of hydrogen-bond acceptors (Lipinski definition) is 2. The Labute approximate surface area is 118 Å². The van der Waals surface area contributed by atoms with Crippen LogP contribution in [0.1, 0.15) is 28.8 Å². The summed E-state index contributed by atoms with van der Waals surface area (Å²) in [6.45, 7) is 1.55. The van der Waals surface area contributed by atoms with Crippen molar-refractivity contribution in [1.29, 1.82) is 0 Å². The molecule has 1 aliphatic carbocycles. The van der Waals surface area contributed by atoms with Crippen molar-refractivity contribution in [3.63, 3.8) is 0 Å². The van der Waals surface area contributed by atoms with Gasteiger partial charge in [0.15, 0.2) is 0 Å². The van der Waals surface area contributed by atoms with Gasteiger partial charge in [0.1, 0.15) is 5.54 Å². The van der Waals surface area contributed by atoms with Crippen LogP contribution in [-0.4, -0.2) is 28.8 Å². The molecule has 0 spiro atoms. The van der Waals surface area contributed by atoms with Crippen LogP contribution < -0.4 is 10.6 Å². The van der Waals surface area contributed by atoms with Gasteiger partial charge >= 0.3 is 18.2 Å². The van der Waals surface area contributed by atoms with E-state index in [1.54, 1.807) is 6.92 Å². The van der Waals surface area contributed by atoms with Crippen LogP contribution in [0.4, 0.5) is 23.7 Å². The fourth-order valence-corrected chi connectivity index (χ4v) is 1.91. The topological polar surface area (TPSA) is 78.4 Å². The van der Waals surface area contributed by atoms with Crippen molar-refractivity contribution in [2.75, 3.05) is 5.32 Å². The van der Waals surface area contributed by atoms with Gasteiger partial charge in [0.2, 0.25) is 0 Å². The van der Waals surface area contributed by atoms with E-state index in [1.807, 2.05) is 5.32 Å². The van der Waals surface area contributed by atoms with Gasteiger partial charge in [0.25, 0.3) is 0 Å². The van der Waals surface area contributed by atoms with E-state index in [-0.39, 0.29) is 24.1 Å². The molecular formula is C13H13F3N2O3. The average Bonchev–Trinajstić information content (AvgIpc) is 3.11. The zero-order chi connectivity index (χ0) is 15.8. The molecule has 0 atom stereocenters. The highest BCUT2D eigenvalue weighted by Crippen LogP contribution is 2.48. The van der Waals surface area contributed by atoms with Crippen molar-refractivity contribution < 1.29 is 27.9 Å². The maximum Gasteiger partial charge on any atom is 0.411 e. The van der Waals surface area contributed by atoms with Crippen molar-refractivity contribution in [2.24, 2.45) is 0 Å². The van der Waals surface area contributed by atoms with Gasteiger partial charge in [0.05, 0.1) is 5.56 Å². The Morgan fingerprint density at radius 2 is 1.90 bits per heavy atom. The Balaban J connectivity index is 2.06. The standard InChI is InChI=1S/C13H13F3N2O3/c1-7-6-8(10(19)20)2-3-9(7)17-11(21)18-12(4-5-12)13(14,15)16/h2-3,6H,4-5H2,1H3,(H,19,20)(H2,17,18,21). The molecule has 8 heteroatoms. The predicted octanol–water partition coefficient (Wildman–Crippen LogP) is 2.91. The number of carbonyl (C=O) groups excluding carboxylic acids is 1. The van der Waals surface area contributed by atoms with Crippen molar-refractivity contribution in [1.82, 2.24) is 5.32 Å². The first-order valence-electron chi connectivity index (χ1n) is 6.14. The van der Waals surface area contributed by atoms with Crippen molar-refractivity contribution >= 4 is 17.7 Å². The molecule has 0 saturated heterocycles. The summed E-state index contributed by atoms with van der Waals surface area (Å²) < 4.78 is 38.1. The third-order valence-corrected chi connectivity index (χ3v) is 3.37. The first-order chi connectivity index (χ1) is 9.64. The minimum Gasteiger partial charge on any atom is -0.478 e. The van der Waals surface area contributed by atoms with E-state index in [0.717, 1.165) is 0 Å². The molecule has 0 radical (unpaired) electrons. The Kier molecular flexibility index (Phi) is 3.56. The SMILES string of the molecule is Cc1cc(C(=O)O)ccc1NC(=O)NC1(C(F)(F)F)CC1. The number of urea groups is 1. The number of rotatable bonds is 3. The molecule has 0 heterocycles. The van der Waals surface area contributed by atoms with Gasteiger partial charge in [-0.25, -0.2) is 9.59 Å². The van der Waals surface area contributed by atoms with Crippen molar-refractivity contribution in [3.8, 4) is 0 Å². The largest absolute Gasteiger partial charge is 0.478 e. The number of carbonyl (C=O) groups is 2. The van der Waals surface area contributed by atoms with E-state index >= 15 is 0 Å². The Bertz CT molecular complexity index is 595. The highest BCUT2D eigenvalue weighted by molar-refractivity contribution is 5.93. The van der Waals surface area contributed by atoms with Gasteiger partial charge in [0, 0.05) is 5.69 Å². The molecule has 114 valence electrons. The second-order valence-electron chi connectivity index (χ2n) is 4.99. The number of nitrogens with one attached hydrogen (secondary N) is 2. The lowest BCUT2D eigenvalue weighted by molar-refractivity contribution is -0.162. The van der Waals surface area contributed by atoms with E-state index in [2.05, 4.69) is 5.32 Å². The molecule has 0 unspecified atom stereocenters. The van der Waals surface area contributed by atoms with Crippen LogP contribution in [-0.2, 0) is 0 Å². The molecule has 3 N–H and O–H groups in total. The molecule has 2 amide bonds. The number of hydrogen-bond donors (Lipinski definition) is 3. The van der Waals surface area contributed by atoms with E-state index in [4.69, 9.17) is 5.11 Å². The highest BCUT2D eigenvalue weighted by atomic mass is 19.4. The summed E-state index contributed by atoms with van der Waals surface area (Å²) in [5.41, 5.74) is -1.39. The first kappa shape index (κ1) is 15.1. The van der Waals surface area contributed by atoms with Crippen LogP contribution in [0.25, 0.3) is 0 Å². The number of benzene rings is 1. The molecule has 1 fully saturated rings. The molecule has 1 aliphatic rings. The third kappa shape index (κ3) is 3.09. The van der Waals surface area contributed by atoms with E-state index in [1.165, 1.54) is 18.2 Å². The van der Waals surface area contributed by atoms with Crippen LogP contribution >= 0.6 is 0 Å². The van der Waals surface area contributed by atoms with Gasteiger partial charge in [-0.15, -0.1) is 0 Å². The number of amides is 2. The van der Waals surface area contributed by atoms with Gasteiger partial charge in [-0.3, -0.25) is 0 Å². The number of halogens is 3. The highest BCUT2D eigenvalue weighted by Gasteiger charge is 2.64. The average molecular weight is 302 g/mol. The monoisotopic (exact) mass is 302 g/mol. The number of aryl methyl sites for hydroxylation is 1. The van der Waals surface area contributed by atoms with Crippen LogP contribution in [0.15, 0.2) is 18.2 Å². The lowest BCUT2D eigenvalue weighted by Crippen LogP contribution is -2.49. The zero-order valence-corrected chi connectivity index (χ0v) is 11.0. The van der Waals surface area contributed by atoms with Crippen LogP contribution in [0.3, 0.4) is 0 Å². The molecule has 1 aromatic rings. The normalized spacial score (nSPS) is 16.2. The Morgan fingerprint density at radius 3 is 2.33 bits per heavy atom. The number of anilines is 1. The van der Waals surface area contributed by atoms with Gasteiger partial charge in [-0.1, -0.05) is 0 Å². The maximum atomic E-state index is 12.7. The quantitative estimate of drug-likeness (QED) is 0.803. The van der Waals surface area contributed by atoms with Crippen LogP contribution in [0, 0.1) is 6.92 Å². The van der Waals surface area contributed by atoms with Gasteiger partial charge in [-0.05, 0) is 43.5 Å². The van der Waals surface area contributed by atoms with Gasteiger partial charge in [-0.2, -0.15) is 13.2 Å². The van der Waals surface area contributed by atoms with E-state index < -0.39 is 23.7 Å². The number of carboxylic acid groups (broad SMARTS) is 1.